The second-order valence-corrected chi connectivity index (χ2v) is 8.01. The Morgan fingerprint density at radius 1 is 1.26 bits per heavy atom. The molecule has 1 unspecified atom stereocenters. The highest BCUT2D eigenvalue weighted by Gasteiger charge is 2.37. The molecule has 0 saturated carbocycles. The lowest BCUT2D eigenvalue weighted by atomic mass is 10.2. The molecular formula is C16H20N4O2S. The minimum absolute atomic E-state index is 0.0226. The van der Waals surface area contributed by atoms with Crippen molar-refractivity contribution in [1.82, 2.24) is 14.3 Å². The molecule has 0 amide bonds. The molecule has 0 aliphatic carbocycles. The van der Waals surface area contributed by atoms with Crippen LogP contribution < -0.4 is 4.90 Å². The average molecular weight is 332 g/mol. The van der Waals surface area contributed by atoms with Gasteiger partial charge in [0.15, 0.2) is 5.03 Å². The van der Waals surface area contributed by atoms with Crippen molar-refractivity contribution in [2.24, 2.45) is 0 Å². The molecule has 1 aromatic carbocycles. The molecule has 0 spiro atoms. The number of aromatic nitrogens is 2. The molecule has 1 saturated heterocycles. The molecule has 0 bridgehead atoms. The average Bonchev–Trinajstić information content (AvgIpc) is 3.29. The van der Waals surface area contributed by atoms with Gasteiger partial charge in [0.25, 0.3) is 10.0 Å². The van der Waals surface area contributed by atoms with Gasteiger partial charge in [0.05, 0.1) is 12.5 Å². The van der Waals surface area contributed by atoms with E-state index < -0.39 is 10.0 Å². The molecule has 2 aliphatic rings. The number of aromatic amines is 1. The van der Waals surface area contributed by atoms with Crippen LogP contribution in [0.5, 0.6) is 0 Å². The maximum atomic E-state index is 12.8. The molecule has 122 valence electrons. The number of hydrogen-bond donors (Lipinski definition) is 1. The van der Waals surface area contributed by atoms with Crippen LogP contribution in [0, 0.1) is 0 Å². The number of H-pyrrole nitrogens is 1. The summed E-state index contributed by atoms with van der Waals surface area (Å²) < 4.78 is 27.2. The summed E-state index contributed by atoms with van der Waals surface area (Å²) in [6.45, 7) is 2.31. The van der Waals surface area contributed by atoms with Gasteiger partial charge >= 0.3 is 0 Å². The maximum Gasteiger partial charge on any atom is 0.260 e. The number of nitrogens with zero attached hydrogens (tertiary/aromatic N) is 3. The first-order valence-corrected chi connectivity index (χ1v) is 9.43. The van der Waals surface area contributed by atoms with Crippen LogP contribution in [-0.2, 0) is 16.4 Å². The van der Waals surface area contributed by atoms with E-state index >= 15 is 0 Å². The van der Waals surface area contributed by atoms with Crippen LogP contribution in [-0.4, -0.2) is 48.4 Å². The number of hydrogen-bond acceptors (Lipinski definition) is 4. The number of rotatable bonds is 4. The van der Waals surface area contributed by atoms with E-state index in [0.29, 0.717) is 6.54 Å². The molecule has 3 heterocycles. The molecule has 23 heavy (non-hydrogen) atoms. The molecule has 1 aromatic heterocycles. The Balaban J connectivity index is 1.56. The van der Waals surface area contributed by atoms with Crippen LogP contribution in [0.4, 0.5) is 5.69 Å². The highest BCUT2D eigenvalue weighted by molar-refractivity contribution is 7.89. The molecule has 1 fully saturated rings. The van der Waals surface area contributed by atoms with Crippen LogP contribution >= 0.6 is 0 Å². The van der Waals surface area contributed by atoms with Gasteiger partial charge in [-0.2, -0.15) is 4.31 Å². The zero-order chi connectivity index (χ0) is 15.9. The highest BCUT2D eigenvalue weighted by Crippen LogP contribution is 2.31. The molecule has 6 nitrogen and oxygen atoms in total. The summed E-state index contributed by atoms with van der Waals surface area (Å²) in [7, 11) is -3.47. The highest BCUT2D eigenvalue weighted by atomic mass is 32.2. The molecule has 2 aromatic rings. The molecular weight excluding hydrogens is 312 g/mol. The third kappa shape index (κ3) is 2.53. The van der Waals surface area contributed by atoms with E-state index in [1.54, 1.807) is 4.31 Å². The Kier molecular flexibility index (Phi) is 3.61. The predicted molar refractivity (Wildman–Crippen MR) is 87.9 cm³/mol. The summed E-state index contributed by atoms with van der Waals surface area (Å²) in [4.78, 5) is 8.90. The maximum absolute atomic E-state index is 12.8. The summed E-state index contributed by atoms with van der Waals surface area (Å²) in [5, 5.41) is 0.186. The van der Waals surface area contributed by atoms with Crippen molar-refractivity contribution in [3.8, 4) is 0 Å². The lowest BCUT2D eigenvalue weighted by Gasteiger charge is -2.29. The normalized spacial score (nSPS) is 21.7. The number of nitrogens with one attached hydrogen (secondary N) is 1. The smallest absolute Gasteiger partial charge is 0.260 e. The fourth-order valence-electron chi connectivity index (χ4n) is 3.67. The minimum atomic E-state index is -3.47. The Bertz CT molecular complexity index is 788. The quantitative estimate of drug-likeness (QED) is 0.924. The van der Waals surface area contributed by atoms with Crippen molar-refractivity contribution < 1.29 is 8.42 Å². The molecule has 4 rings (SSSR count). The monoisotopic (exact) mass is 332 g/mol. The first kappa shape index (κ1) is 14.7. The standard InChI is InChI=1S/C16H20N4O2S/c21-23(22,16-10-17-12-18-16)20-8-3-5-14(20)11-19-9-7-13-4-1-2-6-15(13)19/h1-2,4,6,10,12,14H,3,5,7-9,11H2,(H,17,18). The van der Waals surface area contributed by atoms with E-state index in [2.05, 4.69) is 33.1 Å². The van der Waals surface area contributed by atoms with Crippen LogP contribution in [0.1, 0.15) is 18.4 Å². The van der Waals surface area contributed by atoms with Gasteiger partial charge in [-0.3, -0.25) is 0 Å². The van der Waals surface area contributed by atoms with Crippen molar-refractivity contribution in [1.29, 1.82) is 0 Å². The zero-order valence-corrected chi connectivity index (χ0v) is 13.7. The zero-order valence-electron chi connectivity index (χ0n) is 12.9. The van der Waals surface area contributed by atoms with Gasteiger partial charge in [0.1, 0.15) is 0 Å². The van der Waals surface area contributed by atoms with Gasteiger partial charge in [-0.1, -0.05) is 18.2 Å². The van der Waals surface area contributed by atoms with Gasteiger partial charge in [-0.25, -0.2) is 13.4 Å². The fourth-order valence-corrected chi connectivity index (χ4v) is 5.25. The summed E-state index contributed by atoms with van der Waals surface area (Å²) in [6.07, 6.45) is 5.65. The first-order chi connectivity index (χ1) is 11.2. The van der Waals surface area contributed by atoms with Crippen LogP contribution in [0.25, 0.3) is 0 Å². The van der Waals surface area contributed by atoms with Gasteiger partial charge in [-0.15, -0.1) is 0 Å². The molecule has 0 radical (unpaired) electrons. The molecule has 2 aliphatic heterocycles. The summed E-state index contributed by atoms with van der Waals surface area (Å²) in [5.41, 5.74) is 2.60. The lowest BCUT2D eigenvalue weighted by Crippen LogP contribution is -2.43. The van der Waals surface area contributed by atoms with Crippen molar-refractivity contribution in [3.05, 3.63) is 42.4 Å². The van der Waals surface area contributed by atoms with Crippen LogP contribution in [0.15, 0.2) is 41.8 Å². The van der Waals surface area contributed by atoms with E-state index in [1.807, 2.05) is 6.07 Å². The Morgan fingerprint density at radius 2 is 2.13 bits per heavy atom. The number of sulfonamides is 1. The van der Waals surface area contributed by atoms with E-state index in [-0.39, 0.29) is 11.1 Å². The second-order valence-electron chi connectivity index (χ2n) is 6.15. The van der Waals surface area contributed by atoms with E-state index in [0.717, 1.165) is 32.4 Å². The van der Waals surface area contributed by atoms with Crippen molar-refractivity contribution in [3.63, 3.8) is 0 Å². The van der Waals surface area contributed by atoms with Crippen molar-refractivity contribution in [2.45, 2.75) is 30.3 Å². The molecule has 7 heteroatoms. The molecule has 1 N–H and O–H groups in total. The molecule has 1 atom stereocenters. The van der Waals surface area contributed by atoms with Gasteiger partial charge in [0, 0.05) is 31.4 Å². The number of anilines is 1. The first-order valence-electron chi connectivity index (χ1n) is 7.99. The number of benzene rings is 1. The van der Waals surface area contributed by atoms with Crippen LogP contribution in [0.2, 0.25) is 0 Å². The second kappa shape index (κ2) is 5.65. The van der Waals surface area contributed by atoms with Crippen molar-refractivity contribution >= 4 is 15.7 Å². The number of fused-ring (bicyclic) bond motifs is 1. The van der Waals surface area contributed by atoms with Crippen LogP contribution in [0.3, 0.4) is 0 Å². The minimum Gasteiger partial charge on any atom is -0.369 e. The number of para-hydroxylation sites is 1. The van der Waals surface area contributed by atoms with Crippen molar-refractivity contribution in [2.75, 3.05) is 24.5 Å². The Labute approximate surface area is 136 Å². The third-order valence-electron chi connectivity index (χ3n) is 4.80. The topological polar surface area (TPSA) is 69.3 Å². The van der Waals surface area contributed by atoms with E-state index in [4.69, 9.17) is 0 Å². The summed E-state index contributed by atoms with van der Waals surface area (Å²) >= 11 is 0. The van der Waals surface area contributed by atoms with E-state index in [9.17, 15) is 8.42 Å². The van der Waals surface area contributed by atoms with Gasteiger partial charge in [0.2, 0.25) is 0 Å². The largest absolute Gasteiger partial charge is 0.369 e. The van der Waals surface area contributed by atoms with Gasteiger partial charge in [-0.05, 0) is 30.9 Å². The summed E-state index contributed by atoms with van der Waals surface area (Å²) in [5.74, 6) is 0. The van der Waals surface area contributed by atoms with Gasteiger partial charge < -0.3 is 9.88 Å². The Hall–Kier alpha value is -1.86. The number of imidazole rings is 1. The predicted octanol–water partition coefficient (Wildman–Crippen LogP) is 1.63. The summed E-state index contributed by atoms with van der Waals surface area (Å²) in [6, 6.07) is 8.42. The Morgan fingerprint density at radius 3 is 2.96 bits per heavy atom. The lowest BCUT2D eigenvalue weighted by molar-refractivity contribution is 0.386. The third-order valence-corrected chi connectivity index (χ3v) is 6.67. The fraction of sp³-hybridized carbons (Fsp3) is 0.438. The van der Waals surface area contributed by atoms with E-state index in [1.165, 1.54) is 23.8 Å². The SMILES string of the molecule is O=S(=O)(c1cnc[nH]1)N1CCCC1CN1CCc2ccccc21.